The van der Waals surface area contributed by atoms with Crippen LogP contribution < -0.4 is 0 Å². The highest BCUT2D eigenvalue weighted by atomic mass is 32.2. The van der Waals surface area contributed by atoms with Crippen LogP contribution >= 0.6 is 0 Å². The Morgan fingerprint density at radius 3 is 2.48 bits per heavy atom. The van der Waals surface area contributed by atoms with Crippen LogP contribution in [-0.2, 0) is 19.4 Å². The van der Waals surface area contributed by atoms with Gasteiger partial charge in [0.25, 0.3) is 0 Å². The molecule has 2 unspecified atom stereocenters. The number of carbonyl (C=O) groups is 2. The predicted octanol–water partition coefficient (Wildman–Crippen LogP) is 1.17. The monoisotopic (exact) mass is 343 g/mol. The van der Waals surface area contributed by atoms with Crippen LogP contribution in [-0.4, -0.2) is 49.1 Å². The zero-order valence-electron chi connectivity index (χ0n) is 12.6. The van der Waals surface area contributed by atoms with Gasteiger partial charge in [0.15, 0.2) is 9.84 Å². The number of rotatable bonds is 5. The Morgan fingerprint density at radius 1 is 1.35 bits per heavy atom. The summed E-state index contributed by atoms with van der Waals surface area (Å²) in [5.74, 6) is -3.65. The van der Waals surface area contributed by atoms with Crippen LogP contribution in [0.1, 0.15) is 13.3 Å². The molecule has 0 spiro atoms. The third-order valence-corrected chi connectivity index (χ3v) is 5.84. The van der Waals surface area contributed by atoms with Crippen molar-refractivity contribution < 1.29 is 27.5 Å². The Kier molecular flexibility index (Phi) is 5.03. The number of carbonyl (C=O) groups excluding carboxylic acids is 1. The normalized spacial score (nSPS) is 19.6. The molecule has 126 valence electrons. The first-order chi connectivity index (χ1) is 10.7. The number of amides is 1. The van der Waals surface area contributed by atoms with Crippen molar-refractivity contribution in [1.82, 2.24) is 4.90 Å². The van der Waals surface area contributed by atoms with Crippen molar-refractivity contribution in [1.29, 1.82) is 0 Å². The number of carboxylic acids is 1. The molecule has 1 aliphatic heterocycles. The quantitative estimate of drug-likeness (QED) is 0.810. The summed E-state index contributed by atoms with van der Waals surface area (Å²) in [7, 11) is -3.71. The molecule has 1 amide bonds. The van der Waals surface area contributed by atoms with Crippen LogP contribution in [0.15, 0.2) is 29.2 Å². The summed E-state index contributed by atoms with van der Waals surface area (Å²) >= 11 is 0. The third-order valence-electron chi connectivity index (χ3n) is 3.91. The van der Waals surface area contributed by atoms with Gasteiger partial charge in [-0.15, -0.1) is 0 Å². The summed E-state index contributed by atoms with van der Waals surface area (Å²) in [5, 5.41) is 8.94. The minimum absolute atomic E-state index is 0.0385. The second-order valence-electron chi connectivity index (χ2n) is 5.74. The summed E-state index contributed by atoms with van der Waals surface area (Å²) < 4.78 is 37.4. The number of aliphatic carboxylic acids is 1. The highest BCUT2D eigenvalue weighted by Crippen LogP contribution is 2.21. The number of nitrogens with zero attached hydrogens (tertiary/aromatic N) is 1. The highest BCUT2D eigenvalue weighted by molar-refractivity contribution is 7.91. The number of sulfone groups is 1. The van der Waals surface area contributed by atoms with Crippen molar-refractivity contribution in [2.75, 3.05) is 18.8 Å². The van der Waals surface area contributed by atoms with Crippen molar-refractivity contribution in [2.45, 2.75) is 18.2 Å². The molecule has 1 fully saturated rings. The first-order valence-corrected chi connectivity index (χ1v) is 8.86. The zero-order valence-corrected chi connectivity index (χ0v) is 13.4. The van der Waals surface area contributed by atoms with E-state index >= 15 is 0 Å². The van der Waals surface area contributed by atoms with Crippen molar-refractivity contribution in [3.8, 4) is 0 Å². The van der Waals surface area contributed by atoms with Crippen LogP contribution in [0, 0.1) is 17.7 Å². The smallest absolute Gasteiger partial charge is 0.308 e. The molecule has 1 saturated heterocycles. The lowest BCUT2D eigenvalue weighted by atomic mass is 10.1. The second-order valence-corrected chi connectivity index (χ2v) is 7.78. The maximum atomic E-state index is 12.9. The number of likely N-dealkylation sites (tertiary alicyclic amines) is 1. The van der Waals surface area contributed by atoms with E-state index in [1.807, 2.05) is 0 Å². The number of carboxylic acid groups (broad SMARTS) is 1. The van der Waals surface area contributed by atoms with E-state index in [9.17, 15) is 22.4 Å². The van der Waals surface area contributed by atoms with Gasteiger partial charge in [-0.1, -0.05) is 6.92 Å². The number of hydrogen-bond acceptors (Lipinski definition) is 4. The van der Waals surface area contributed by atoms with E-state index < -0.39 is 39.2 Å². The van der Waals surface area contributed by atoms with Crippen LogP contribution in [0.25, 0.3) is 0 Å². The Balaban J connectivity index is 2.03. The lowest BCUT2D eigenvalue weighted by Gasteiger charge is -2.20. The molecule has 2 atom stereocenters. The third kappa shape index (κ3) is 4.07. The first-order valence-electron chi connectivity index (χ1n) is 7.20. The largest absolute Gasteiger partial charge is 0.481 e. The average molecular weight is 343 g/mol. The summed E-state index contributed by atoms with van der Waals surface area (Å²) in [6.45, 7) is 1.92. The molecule has 2 rings (SSSR count). The molecule has 0 bridgehead atoms. The van der Waals surface area contributed by atoms with Crippen molar-refractivity contribution in [3.63, 3.8) is 0 Å². The van der Waals surface area contributed by atoms with Gasteiger partial charge in [-0.3, -0.25) is 9.59 Å². The zero-order chi connectivity index (χ0) is 17.2. The fourth-order valence-electron chi connectivity index (χ4n) is 2.61. The topological polar surface area (TPSA) is 91.8 Å². The fourth-order valence-corrected chi connectivity index (χ4v) is 4.16. The molecule has 0 aromatic heterocycles. The summed E-state index contributed by atoms with van der Waals surface area (Å²) in [6, 6.07) is 4.44. The van der Waals surface area contributed by atoms with Gasteiger partial charge in [-0.2, -0.15) is 0 Å². The van der Waals surface area contributed by atoms with Gasteiger partial charge in [-0.25, -0.2) is 12.8 Å². The Labute approximate surface area is 133 Å². The van der Waals surface area contributed by atoms with E-state index in [0.29, 0.717) is 13.0 Å². The first kappa shape index (κ1) is 17.4. The minimum Gasteiger partial charge on any atom is -0.481 e. The van der Waals surface area contributed by atoms with Gasteiger partial charge >= 0.3 is 5.97 Å². The van der Waals surface area contributed by atoms with Crippen LogP contribution in [0.5, 0.6) is 0 Å². The molecule has 1 aromatic rings. The molecular weight excluding hydrogens is 325 g/mol. The molecule has 0 aliphatic carbocycles. The molecule has 6 nitrogen and oxygen atoms in total. The molecule has 23 heavy (non-hydrogen) atoms. The molecule has 8 heteroatoms. The van der Waals surface area contributed by atoms with E-state index in [-0.39, 0.29) is 17.3 Å². The van der Waals surface area contributed by atoms with Gasteiger partial charge in [0.1, 0.15) is 5.82 Å². The van der Waals surface area contributed by atoms with Crippen LogP contribution in [0.4, 0.5) is 4.39 Å². The van der Waals surface area contributed by atoms with Gasteiger partial charge in [0.2, 0.25) is 5.91 Å². The van der Waals surface area contributed by atoms with Gasteiger partial charge in [0.05, 0.1) is 16.6 Å². The fraction of sp³-hybridized carbons (Fsp3) is 0.467. The number of benzene rings is 1. The second kappa shape index (κ2) is 6.66. The van der Waals surface area contributed by atoms with E-state index in [4.69, 9.17) is 5.11 Å². The molecule has 1 heterocycles. The Morgan fingerprint density at radius 2 is 1.96 bits per heavy atom. The SMILES string of the molecule is CC(CS(=O)(=O)c1ccc(F)cc1)C(=O)N1CCC(C(=O)O)C1. The number of halogens is 1. The Bertz CT molecular complexity index is 701. The lowest BCUT2D eigenvalue weighted by Crippen LogP contribution is -2.36. The minimum atomic E-state index is -3.71. The summed E-state index contributed by atoms with van der Waals surface area (Å²) in [5.41, 5.74) is 0. The maximum Gasteiger partial charge on any atom is 0.308 e. The standard InChI is InChI=1S/C15H18FNO5S/c1-10(14(18)17-7-6-11(8-17)15(19)20)9-23(21,22)13-4-2-12(16)3-5-13/h2-5,10-11H,6-9H2,1H3,(H,19,20). The highest BCUT2D eigenvalue weighted by Gasteiger charge is 2.34. The van der Waals surface area contributed by atoms with E-state index in [0.717, 1.165) is 24.3 Å². The van der Waals surface area contributed by atoms with Gasteiger partial charge in [-0.05, 0) is 30.7 Å². The van der Waals surface area contributed by atoms with Crippen molar-refractivity contribution >= 4 is 21.7 Å². The molecule has 0 saturated carbocycles. The van der Waals surface area contributed by atoms with Crippen molar-refractivity contribution in [2.24, 2.45) is 11.8 Å². The molecule has 1 aromatic carbocycles. The molecule has 0 radical (unpaired) electrons. The van der Waals surface area contributed by atoms with Crippen LogP contribution in [0.2, 0.25) is 0 Å². The number of hydrogen-bond donors (Lipinski definition) is 1. The van der Waals surface area contributed by atoms with E-state index in [1.54, 1.807) is 0 Å². The molecule has 1 N–H and O–H groups in total. The maximum absolute atomic E-state index is 12.9. The Hall–Kier alpha value is -1.96. The predicted molar refractivity (Wildman–Crippen MR) is 79.9 cm³/mol. The van der Waals surface area contributed by atoms with Gasteiger partial charge in [0, 0.05) is 19.0 Å². The molecule has 1 aliphatic rings. The lowest BCUT2D eigenvalue weighted by molar-refractivity contribution is -0.141. The van der Waals surface area contributed by atoms with Crippen LogP contribution in [0.3, 0.4) is 0 Å². The van der Waals surface area contributed by atoms with Gasteiger partial charge < -0.3 is 10.0 Å². The molecular formula is C15H18FNO5S. The van der Waals surface area contributed by atoms with E-state index in [1.165, 1.54) is 11.8 Å². The summed E-state index contributed by atoms with van der Waals surface area (Å²) in [4.78, 5) is 24.6. The average Bonchev–Trinajstić information content (AvgIpc) is 2.96. The van der Waals surface area contributed by atoms with Crippen molar-refractivity contribution in [3.05, 3.63) is 30.1 Å². The summed E-state index contributed by atoms with van der Waals surface area (Å²) in [6.07, 6.45) is 0.374. The van der Waals surface area contributed by atoms with E-state index in [2.05, 4.69) is 0 Å².